The molecule has 4 aromatic heterocycles. The van der Waals surface area contributed by atoms with E-state index in [2.05, 4.69) is 40.6 Å². The fourth-order valence-electron chi connectivity index (χ4n) is 9.07. The molecular weight excluding hydrogens is 991 g/mol. The van der Waals surface area contributed by atoms with E-state index in [4.69, 9.17) is 8.83 Å². The van der Waals surface area contributed by atoms with Gasteiger partial charge in [0.15, 0.2) is 0 Å². The molecule has 16 nitrogen and oxygen atoms in total. The Labute approximate surface area is 413 Å². The summed E-state index contributed by atoms with van der Waals surface area (Å²) in [5.41, 5.74) is 4.59. The molecule has 3 aliphatic rings. The Morgan fingerprint density at radius 3 is 1.47 bits per heavy atom. The van der Waals surface area contributed by atoms with Crippen molar-refractivity contribution in [2.45, 2.75) is 114 Å². The van der Waals surface area contributed by atoms with Crippen LogP contribution in [-0.4, -0.2) is 101 Å². The zero-order chi connectivity index (χ0) is 51.2. The molecule has 72 heavy (non-hydrogen) atoms. The van der Waals surface area contributed by atoms with E-state index < -0.39 is 61.1 Å². The average molecular weight is 1050 g/mol. The number of aryl methyl sites for hydroxylation is 2. The highest BCUT2D eigenvalue weighted by Gasteiger charge is 2.41. The van der Waals surface area contributed by atoms with Crippen molar-refractivity contribution in [2.24, 2.45) is 0 Å². The SMILES string of the molecule is Cc1cccc(N(Cc2ccc(-c3nnc(C(F)F)o3)cn2)S(=O)(=O)C2CCN(C3CCC(F)(F)CC3)CC2)c1.Cc1cccc(N(Cc2ccc(-c3nnc(C(F)F)o3)cn2)S(=O)(=O)C2CCNCC2)c1. The molecule has 1 saturated carbocycles. The van der Waals surface area contributed by atoms with Crippen LogP contribution >= 0.6 is 0 Å². The number of piperidine rings is 2. The minimum atomic E-state index is -3.81. The van der Waals surface area contributed by atoms with Crippen molar-refractivity contribution >= 4 is 31.4 Å². The number of sulfonamides is 2. The molecule has 0 bridgehead atoms. The Hall–Kier alpha value is -5.98. The maximum Gasteiger partial charge on any atom is 0.314 e. The molecule has 6 heterocycles. The van der Waals surface area contributed by atoms with Crippen LogP contribution in [0, 0.1) is 13.8 Å². The lowest BCUT2D eigenvalue weighted by Gasteiger charge is -2.41. The van der Waals surface area contributed by atoms with E-state index in [1.54, 1.807) is 48.5 Å². The maximum absolute atomic E-state index is 14.0. The van der Waals surface area contributed by atoms with Gasteiger partial charge in [0.1, 0.15) is 0 Å². The molecule has 2 aliphatic heterocycles. The number of alkyl halides is 6. The largest absolute Gasteiger partial charge is 0.415 e. The molecule has 6 aromatic rings. The molecule has 3 fully saturated rings. The topological polar surface area (TPSA) is 194 Å². The van der Waals surface area contributed by atoms with Gasteiger partial charge in [-0.15, -0.1) is 20.4 Å². The van der Waals surface area contributed by atoms with Crippen LogP contribution in [-0.2, 0) is 33.1 Å². The van der Waals surface area contributed by atoms with Crippen LogP contribution in [0.2, 0.25) is 0 Å². The van der Waals surface area contributed by atoms with Crippen molar-refractivity contribution in [3.63, 3.8) is 0 Å². The van der Waals surface area contributed by atoms with Crippen LogP contribution in [0.15, 0.2) is 94.0 Å². The summed E-state index contributed by atoms with van der Waals surface area (Å²) in [5, 5.41) is 15.9. The number of halogens is 6. The third-order valence-corrected chi connectivity index (χ3v) is 17.5. The van der Waals surface area contributed by atoms with Gasteiger partial charge < -0.3 is 19.1 Å². The zero-order valence-corrected chi connectivity index (χ0v) is 41.1. The first-order valence-electron chi connectivity index (χ1n) is 23.5. The van der Waals surface area contributed by atoms with Crippen molar-refractivity contribution < 1.29 is 52.0 Å². The van der Waals surface area contributed by atoms with Crippen LogP contribution in [0.3, 0.4) is 0 Å². The number of pyridine rings is 2. The van der Waals surface area contributed by atoms with Gasteiger partial charge >= 0.3 is 12.9 Å². The second-order valence-corrected chi connectivity index (χ2v) is 22.4. The smallest absolute Gasteiger partial charge is 0.314 e. The summed E-state index contributed by atoms with van der Waals surface area (Å²) in [4.78, 5) is 10.8. The van der Waals surface area contributed by atoms with Crippen LogP contribution in [0.5, 0.6) is 0 Å². The Balaban J connectivity index is 0.000000197. The quantitative estimate of drug-likeness (QED) is 0.0957. The summed E-state index contributed by atoms with van der Waals surface area (Å²) in [6.07, 6.45) is -0.446. The van der Waals surface area contributed by atoms with E-state index in [1.807, 2.05) is 38.1 Å². The number of benzene rings is 2. The third kappa shape index (κ3) is 12.6. The fraction of sp³-hybridized carbons (Fsp3) is 0.458. The van der Waals surface area contributed by atoms with E-state index in [0.29, 0.717) is 98.6 Å². The van der Waals surface area contributed by atoms with E-state index in [1.165, 1.54) is 21.0 Å². The van der Waals surface area contributed by atoms with Gasteiger partial charge in [-0.3, -0.25) is 18.6 Å². The lowest BCUT2D eigenvalue weighted by atomic mass is 9.90. The normalized spacial score (nSPS) is 17.5. The lowest BCUT2D eigenvalue weighted by Crippen LogP contribution is -2.49. The number of aromatic nitrogens is 6. The number of likely N-dealkylation sites (tertiary alicyclic amines) is 1. The van der Waals surface area contributed by atoms with Gasteiger partial charge in [0.25, 0.3) is 11.8 Å². The number of nitrogens with one attached hydrogen (secondary N) is 1. The molecule has 2 saturated heterocycles. The lowest BCUT2D eigenvalue weighted by molar-refractivity contribution is -0.0552. The summed E-state index contributed by atoms with van der Waals surface area (Å²) >= 11 is 0. The zero-order valence-electron chi connectivity index (χ0n) is 39.4. The predicted octanol–water partition coefficient (Wildman–Crippen LogP) is 9.22. The molecule has 0 radical (unpaired) electrons. The first kappa shape index (κ1) is 52.3. The van der Waals surface area contributed by atoms with Gasteiger partial charge in [-0.1, -0.05) is 24.3 Å². The second-order valence-electron chi connectivity index (χ2n) is 18.1. The number of hydrogen-bond donors (Lipinski definition) is 1. The van der Waals surface area contributed by atoms with Crippen LogP contribution in [0.4, 0.5) is 37.7 Å². The highest BCUT2D eigenvalue weighted by molar-refractivity contribution is 7.93. The number of rotatable bonds is 15. The van der Waals surface area contributed by atoms with Gasteiger partial charge in [-0.05, 0) is 138 Å². The molecule has 1 N–H and O–H groups in total. The number of nitrogens with zero attached hydrogens (tertiary/aromatic N) is 9. The maximum atomic E-state index is 14.0. The standard InChI is InChI=1S/C27H31F4N5O3S.C21H23F2N5O3S/c1-18-3-2-4-22(15-18)36(17-20-6-5-19(16-32-20)25-33-34-26(39-25)24(28)29)40(37,38)23-9-13-35(14-10-23)21-7-11-27(30,31)12-8-21;1-14-3-2-4-17(11-14)28(32(29,30)18-7-9-24-10-8-18)13-16-6-5-15(12-25-16)20-26-27-21(31-20)19(22)23/h2-6,15-16,21,23-24H,7-14,17H2,1H3;2-6,11-12,18-19,24H,7-10,13H2,1H3. The monoisotopic (exact) mass is 1040 g/mol. The molecule has 386 valence electrons. The van der Waals surface area contributed by atoms with Gasteiger partial charge in [0.2, 0.25) is 37.8 Å². The second kappa shape index (κ2) is 22.4. The van der Waals surface area contributed by atoms with Crippen LogP contribution < -0.4 is 13.9 Å². The fourth-order valence-corrected chi connectivity index (χ4v) is 12.9. The van der Waals surface area contributed by atoms with Crippen molar-refractivity contribution in [1.82, 2.24) is 40.6 Å². The highest BCUT2D eigenvalue weighted by atomic mass is 32.2. The molecule has 9 rings (SSSR count). The molecule has 2 aromatic carbocycles. The Kier molecular flexibility index (Phi) is 16.3. The average Bonchev–Trinajstić information content (AvgIpc) is 4.08. The van der Waals surface area contributed by atoms with E-state index in [9.17, 15) is 43.2 Å². The molecule has 0 spiro atoms. The molecule has 1 aliphatic carbocycles. The molecule has 24 heteroatoms. The van der Waals surface area contributed by atoms with Crippen LogP contribution in [0.1, 0.15) is 98.5 Å². The van der Waals surface area contributed by atoms with Crippen molar-refractivity contribution in [3.8, 4) is 22.9 Å². The predicted molar refractivity (Wildman–Crippen MR) is 255 cm³/mol. The summed E-state index contributed by atoms with van der Waals surface area (Å²) in [7, 11) is -7.44. The number of anilines is 2. The molecular formula is C48H54F6N10O6S2. The Morgan fingerprint density at radius 1 is 0.639 bits per heavy atom. The van der Waals surface area contributed by atoms with Crippen molar-refractivity contribution in [3.05, 3.63) is 119 Å². The summed E-state index contributed by atoms with van der Waals surface area (Å²) in [5.74, 6) is -4.33. The Morgan fingerprint density at radius 2 is 1.08 bits per heavy atom. The van der Waals surface area contributed by atoms with Gasteiger partial charge in [0.05, 0.1) is 57.5 Å². The first-order chi connectivity index (χ1) is 34.4. The van der Waals surface area contributed by atoms with E-state index >= 15 is 0 Å². The van der Waals surface area contributed by atoms with Crippen molar-refractivity contribution in [2.75, 3.05) is 34.8 Å². The summed E-state index contributed by atoms with van der Waals surface area (Å²) < 4.78 is 146. The van der Waals surface area contributed by atoms with Crippen molar-refractivity contribution in [1.29, 1.82) is 0 Å². The van der Waals surface area contributed by atoms with Gasteiger partial charge in [-0.2, -0.15) is 17.6 Å². The first-order valence-corrected chi connectivity index (χ1v) is 26.5. The van der Waals surface area contributed by atoms with Gasteiger partial charge in [-0.25, -0.2) is 25.6 Å². The van der Waals surface area contributed by atoms with E-state index in [0.717, 1.165) is 11.1 Å². The molecule has 0 amide bonds. The summed E-state index contributed by atoms with van der Waals surface area (Å²) in [6, 6.07) is 21.0. The molecule has 0 unspecified atom stereocenters. The minimum Gasteiger partial charge on any atom is -0.415 e. The summed E-state index contributed by atoms with van der Waals surface area (Å²) in [6.45, 7) is 6.19. The minimum absolute atomic E-state index is 0.0316. The number of hydrogen-bond acceptors (Lipinski definition) is 14. The van der Waals surface area contributed by atoms with Crippen LogP contribution in [0.25, 0.3) is 22.9 Å². The third-order valence-electron chi connectivity index (χ3n) is 13.0. The Bertz CT molecular complexity index is 2960. The highest BCUT2D eigenvalue weighted by Crippen LogP contribution is 2.37. The van der Waals surface area contributed by atoms with Gasteiger partial charge in [0, 0.05) is 31.3 Å². The van der Waals surface area contributed by atoms with E-state index in [-0.39, 0.29) is 43.8 Å². The molecule has 0 atom stereocenters.